The Kier molecular flexibility index (Phi) is 6.75. The number of alkyl halides is 3. The SMILES string of the molecule is C=C1N(N)C(C(F)(F)F)=CC(=O)N1c1cc(SC(C=O)COC)c(Cl)cc1F. The van der Waals surface area contributed by atoms with Crippen molar-refractivity contribution in [1.29, 1.82) is 0 Å². The standard InChI is InChI=1S/C16H14ClF4N3O3S/c1-8-23(15(26)5-14(24(8)22)16(19,20)21)12-4-13(10(17)3-11(12)18)28-9(6-25)7-27-2/h3-6,9H,1,7,22H2,2H3. The molecule has 0 fully saturated rings. The Morgan fingerprint density at radius 3 is 2.61 bits per heavy atom. The molecule has 1 aliphatic rings. The van der Waals surface area contributed by atoms with Crippen LogP contribution in [0.15, 0.2) is 41.2 Å². The lowest BCUT2D eigenvalue weighted by atomic mass is 10.2. The van der Waals surface area contributed by atoms with Gasteiger partial charge in [-0.2, -0.15) is 13.2 Å². The number of allylic oxidation sites excluding steroid dienone is 1. The number of nitrogens with zero attached hydrogens (tertiary/aromatic N) is 2. The largest absolute Gasteiger partial charge is 0.433 e. The highest BCUT2D eigenvalue weighted by Gasteiger charge is 2.43. The number of hydrazine groups is 1. The molecule has 0 aromatic heterocycles. The summed E-state index contributed by atoms with van der Waals surface area (Å²) in [5.41, 5.74) is -1.86. The van der Waals surface area contributed by atoms with Crippen LogP contribution in [0, 0.1) is 5.82 Å². The minimum absolute atomic E-state index is 0.0425. The highest BCUT2D eigenvalue weighted by Crippen LogP contribution is 2.39. The van der Waals surface area contributed by atoms with E-state index in [2.05, 4.69) is 6.58 Å². The molecule has 1 aromatic rings. The van der Waals surface area contributed by atoms with E-state index in [1.54, 1.807) is 0 Å². The second-order valence-corrected chi connectivity index (χ2v) is 7.16. The van der Waals surface area contributed by atoms with Crippen molar-refractivity contribution < 1.29 is 31.9 Å². The lowest BCUT2D eigenvalue weighted by Crippen LogP contribution is -2.49. The molecule has 152 valence electrons. The molecular weight excluding hydrogens is 426 g/mol. The smallest absolute Gasteiger partial charge is 0.383 e. The topological polar surface area (TPSA) is 75.9 Å². The number of hydrogen-bond donors (Lipinski definition) is 1. The van der Waals surface area contributed by atoms with Gasteiger partial charge in [0.1, 0.15) is 23.6 Å². The summed E-state index contributed by atoms with van der Waals surface area (Å²) in [6.07, 6.45) is -4.08. The molecule has 0 spiro atoms. The molecule has 0 bridgehead atoms. The van der Waals surface area contributed by atoms with Crippen LogP contribution in [0.25, 0.3) is 0 Å². The van der Waals surface area contributed by atoms with Crippen LogP contribution in [0.4, 0.5) is 23.2 Å². The fourth-order valence-electron chi connectivity index (χ4n) is 2.31. The van der Waals surface area contributed by atoms with E-state index in [4.69, 9.17) is 22.2 Å². The van der Waals surface area contributed by atoms with Gasteiger partial charge in [0.25, 0.3) is 5.91 Å². The van der Waals surface area contributed by atoms with Gasteiger partial charge < -0.3 is 9.53 Å². The highest BCUT2D eigenvalue weighted by molar-refractivity contribution is 8.00. The Morgan fingerprint density at radius 1 is 1.43 bits per heavy atom. The third kappa shape index (κ3) is 4.49. The molecule has 1 aliphatic heterocycles. The summed E-state index contributed by atoms with van der Waals surface area (Å²) in [5, 5.41) is -0.592. The summed E-state index contributed by atoms with van der Waals surface area (Å²) in [6.45, 7) is 3.39. The molecule has 1 unspecified atom stereocenters. The number of halogens is 5. The normalized spacial score (nSPS) is 16.3. The van der Waals surface area contributed by atoms with Crippen LogP contribution < -0.4 is 10.7 Å². The van der Waals surface area contributed by atoms with E-state index in [-0.39, 0.29) is 27.6 Å². The van der Waals surface area contributed by atoms with Crippen molar-refractivity contribution in [3.05, 3.63) is 47.1 Å². The number of methoxy groups -OCH3 is 1. The number of rotatable bonds is 6. The highest BCUT2D eigenvalue weighted by atomic mass is 35.5. The second kappa shape index (κ2) is 8.52. The maximum Gasteiger partial charge on any atom is 0.433 e. The average Bonchev–Trinajstić information content (AvgIpc) is 2.60. The zero-order valence-corrected chi connectivity index (χ0v) is 15.9. The lowest BCUT2D eigenvalue weighted by molar-refractivity contribution is -0.122. The van der Waals surface area contributed by atoms with Gasteiger partial charge in [0.2, 0.25) is 0 Å². The predicted octanol–water partition coefficient (Wildman–Crippen LogP) is 3.22. The van der Waals surface area contributed by atoms with E-state index in [0.717, 1.165) is 23.9 Å². The zero-order chi connectivity index (χ0) is 21.2. The van der Waals surface area contributed by atoms with Crippen LogP contribution in [-0.2, 0) is 14.3 Å². The first-order chi connectivity index (χ1) is 13.0. The predicted molar refractivity (Wildman–Crippen MR) is 95.8 cm³/mol. The molecule has 2 rings (SSSR count). The van der Waals surface area contributed by atoms with Crippen LogP contribution in [-0.4, -0.2) is 42.3 Å². The van der Waals surface area contributed by atoms with Crippen molar-refractivity contribution in [2.45, 2.75) is 16.3 Å². The van der Waals surface area contributed by atoms with Crippen LogP contribution >= 0.6 is 23.4 Å². The third-order valence-electron chi connectivity index (χ3n) is 3.57. The van der Waals surface area contributed by atoms with E-state index in [1.807, 2.05) is 0 Å². The summed E-state index contributed by atoms with van der Waals surface area (Å²) in [4.78, 5) is 24.2. The zero-order valence-electron chi connectivity index (χ0n) is 14.3. The number of benzene rings is 1. The molecule has 12 heteroatoms. The maximum absolute atomic E-state index is 14.5. The first-order valence-corrected chi connectivity index (χ1v) is 8.73. The van der Waals surface area contributed by atoms with Crippen molar-refractivity contribution in [1.82, 2.24) is 5.01 Å². The number of hydrogen-bond acceptors (Lipinski definition) is 6. The Hall–Kier alpha value is -2.08. The van der Waals surface area contributed by atoms with E-state index in [0.29, 0.717) is 11.2 Å². The maximum atomic E-state index is 14.5. The fourth-order valence-corrected chi connectivity index (χ4v) is 3.53. The van der Waals surface area contributed by atoms with Crippen LogP contribution in [0.3, 0.4) is 0 Å². The van der Waals surface area contributed by atoms with Gasteiger partial charge in [0, 0.05) is 18.1 Å². The van der Waals surface area contributed by atoms with Crippen LogP contribution in [0.2, 0.25) is 5.02 Å². The fraction of sp³-hybridized carbons (Fsp3) is 0.250. The number of ether oxygens (including phenoxy) is 1. The van der Waals surface area contributed by atoms with Crippen molar-refractivity contribution in [2.75, 3.05) is 18.6 Å². The molecule has 28 heavy (non-hydrogen) atoms. The third-order valence-corrected chi connectivity index (χ3v) is 5.14. The van der Waals surface area contributed by atoms with E-state index >= 15 is 0 Å². The van der Waals surface area contributed by atoms with Crippen LogP contribution in [0.1, 0.15) is 0 Å². The van der Waals surface area contributed by atoms with Gasteiger partial charge in [-0.1, -0.05) is 18.2 Å². The van der Waals surface area contributed by atoms with Crippen molar-refractivity contribution in [3.63, 3.8) is 0 Å². The molecule has 0 saturated carbocycles. The van der Waals surface area contributed by atoms with Crippen LogP contribution in [0.5, 0.6) is 0 Å². The van der Waals surface area contributed by atoms with E-state index in [1.165, 1.54) is 7.11 Å². The Labute approximate surface area is 166 Å². The summed E-state index contributed by atoms with van der Waals surface area (Å²) < 4.78 is 58.3. The summed E-state index contributed by atoms with van der Waals surface area (Å²) in [6, 6.07) is 2.00. The number of nitrogens with two attached hydrogens (primary N) is 1. The number of aldehydes is 1. The number of amides is 1. The van der Waals surface area contributed by atoms with Gasteiger partial charge in [-0.25, -0.2) is 10.2 Å². The van der Waals surface area contributed by atoms with E-state index < -0.39 is 40.4 Å². The number of carbonyl (C=O) groups is 2. The van der Waals surface area contributed by atoms with Gasteiger partial charge in [0.05, 0.1) is 22.6 Å². The molecule has 0 radical (unpaired) electrons. The van der Waals surface area contributed by atoms with E-state index in [9.17, 15) is 27.2 Å². The van der Waals surface area contributed by atoms with Crippen molar-refractivity contribution in [2.24, 2.45) is 5.84 Å². The van der Waals surface area contributed by atoms with Crippen molar-refractivity contribution in [3.8, 4) is 0 Å². The molecule has 1 amide bonds. The Bertz CT molecular complexity index is 847. The minimum Gasteiger partial charge on any atom is -0.383 e. The molecule has 0 aliphatic carbocycles. The number of carbonyl (C=O) groups excluding carboxylic acids is 2. The first kappa shape index (κ1) is 22.2. The molecule has 2 N–H and O–H groups in total. The lowest BCUT2D eigenvalue weighted by Gasteiger charge is -2.36. The molecule has 1 heterocycles. The average molecular weight is 440 g/mol. The van der Waals surface area contributed by atoms with Crippen molar-refractivity contribution >= 4 is 41.2 Å². The molecule has 0 saturated heterocycles. The Morgan fingerprint density at radius 2 is 2.07 bits per heavy atom. The van der Waals surface area contributed by atoms with Gasteiger partial charge in [-0.05, 0) is 12.1 Å². The first-order valence-electron chi connectivity index (χ1n) is 7.47. The quantitative estimate of drug-likeness (QED) is 0.317. The van der Waals surface area contributed by atoms with Gasteiger partial charge >= 0.3 is 6.18 Å². The monoisotopic (exact) mass is 439 g/mol. The van der Waals surface area contributed by atoms with Gasteiger partial charge in [-0.3, -0.25) is 14.7 Å². The molecule has 1 atom stereocenters. The number of thioether (sulfide) groups is 1. The summed E-state index contributed by atoms with van der Waals surface area (Å²) in [7, 11) is 1.38. The number of anilines is 1. The summed E-state index contributed by atoms with van der Waals surface area (Å²) >= 11 is 6.92. The minimum atomic E-state index is -4.91. The second-order valence-electron chi connectivity index (χ2n) is 5.47. The van der Waals surface area contributed by atoms with Gasteiger partial charge in [-0.15, -0.1) is 11.8 Å². The molecular formula is C16H14ClF4N3O3S. The molecule has 1 aromatic carbocycles. The molecule has 6 nitrogen and oxygen atoms in total. The van der Waals surface area contributed by atoms with Gasteiger partial charge in [0.15, 0.2) is 0 Å². The Balaban J connectivity index is 2.48. The summed E-state index contributed by atoms with van der Waals surface area (Å²) in [5.74, 6) is 2.60.